The third-order valence-electron chi connectivity index (χ3n) is 3.09. The highest BCUT2D eigenvalue weighted by atomic mass is 32.1. The van der Waals surface area contributed by atoms with Gasteiger partial charge in [-0.25, -0.2) is 0 Å². The van der Waals surface area contributed by atoms with E-state index in [0.29, 0.717) is 4.99 Å². The third-order valence-corrected chi connectivity index (χ3v) is 3.33. The Morgan fingerprint density at radius 3 is 2.55 bits per heavy atom. The van der Waals surface area contributed by atoms with Crippen LogP contribution in [0.15, 0.2) is 60.8 Å². The van der Waals surface area contributed by atoms with Crippen LogP contribution in [0.4, 0.5) is 11.4 Å². The Kier molecular flexibility index (Phi) is 3.31. The number of nitrogens with one attached hydrogen (secondary N) is 1. The van der Waals surface area contributed by atoms with Crippen molar-refractivity contribution in [3.05, 3.63) is 66.4 Å². The van der Waals surface area contributed by atoms with Crippen molar-refractivity contribution in [1.29, 1.82) is 0 Å². The van der Waals surface area contributed by atoms with Gasteiger partial charge in [-0.05, 0) is 48.5 Å². The first-order chi connectivity index (χ1) is 9.74. The van der Waals surface area contributed by atoms with Crippen molar-refractivity contribution in [2.75, 3.05) is 5.32 Å². The lowest BCUT2D eigenvalue weighted by molar-refractivity contribution is 1.41. The standard InChI is InChI=1S/C16H13N3S/c17-16(20)11-6-8-12(9-7-11)19-15-5-1-4-14-13(15)3-2-10-18-14/h1-10,19H,(H2,17,20). The van der Waals surface area contributed by atoms with Crippen LogP contribution in [0.3, 0.4) is 0 Å². The number of anilines is 2. The normalized spacial score (nSPS) is 10.4. The zero-order valence-corrected chi connectivity index (χ0v) is 11.5. The number of thiocarbonyl (C=S) groups is 1. The fourth-order valence-electron chi connectivity index (χ4n) is 2.09. The van der Waals surface area contributed by atoms with E-state index in [2.05, 4.69) is 10.3 Å². The van der Waals surface area contributed by atoms with Crippen LogP contribution in [0.25, 0.3) is 10.9 Å². The van der Waals surface area contributed by atoms with Crippen LogP contribution in [-0.2, 0) is 0 Å². The first-order valence-corrected chi connectivity index (χ1v) is 6.65. The van der Waals surface area contributed by atoms with E-state index in [4.69, 9.17) is 18.0 Å². The van der Waals surface area contributed by atoms with Gasteiger partial charge in [0.05, 0.1) is 5.52 Å². The van der Waals surface area contributed by atoms with Gasteiger partial charge < -0.3 is 11.1 Å². The SMILES string of the molecule is NC(=S)c1ccc(Nc2cccc3ncccc23)cc1. The summed E-state index contributed by atoms with van der Waals surface area (Å²) >= 11 is 4.95. The summed E-state index contributed by atoms with van der Waals surface area (Å²) in [6, 6.07) is 17.7. The predicted molar refractivity (Wildman–Crippen MR) is 87.4 cm³/mol. The molecule has 4 heteroatoms. The molecule has 0 amide bonds. The highest BCUT2D eigenvalue weighted by molar-refractivity contribution is 7.80. The van der Waals surface area contributed by atoms with Crippen LogP contribution in [0.2, 0.25) is 0 Å². The number of rotatable bonds is 3. The second kappa shape index (κ2) is 5.27. The summed E-state index contributed by atoms with van der Waals surface area (Å²) in [4.78, 5) is 4.76. The van der Waals surface area contributed by atoms with Gasteiger partial charge in [0.1, 0.15) is 4.99 Å². The molecule has 0 aliphatic carbocycles. The average molecular weight is 279 g/mol. The van der Waals surface area contributed by atoms with E-state index in [9.17, 15) is 0 Å². The average Bonchev–Trinajstić information content (AvgIpc) is 2.48. The lowest BCUT2D eigenvalue weighted by Crippen LogP contribution is -2.08. The Morgan fingerprint density at radius 1 is 1.00 bits per heavy atom. The highest BCUT2D eigenvalue weighted by Gasteiger charge is 2.02. The molecule has 1 aromatic heterocycles. The van der Waals surface area contributed by atoms with Crippen LogP contribution in [-0.4, -0.2) is 9.97 Å². The fraction of sp³-hybridized carbons (Fsp3) is 0. The molecule has 0 saturated heterocycles. The van der Waals surface area contributed by atoms with E-state index >= 15 is 0 Å². The smallest absolute Gasteiger partial charge is 0.103 e. The van der Waals surface area contributed by atoms with Crippen LogP contribution in [0, 0.1) is 0 Å². The second-order valence-corrected chi connectivity index (χ2v) is 4.88. The van der Waals surface area contributed by atoms with Crippen molar-refractivity contribution < 1.29 is 0 Å². The van der Waals surface area contributed by atoms with Crippen LogP contribution < -0.4 is 11.1 Å². The molecule has 0 aliphatic rings. The van der Waals surface area contributed by atoms with Crippen LogP contribution in [0.1, 0.15) is 5.56 Å². The molecule has 0 atom stereocenters. The lowest BCUT2D eigenvalue weighted by Gasteiger charge is -2.10. The molecule has 0 saturated carbocycles. The van der Waals surface area contributed by atoms with Crippen molar-refractivity contribution in [2.45, 2.75) is 0 Å². The largest absolute Gasteiger partial charge is 0.389 e. The van der Waals surface area contributed by atoms with Gasteiger partial charge in [-0.15, -0.1) is 0 Å². The first-order valence-electron chi connectivity index (χ1n) is 6.25. The topological polar surface area (TPSA) is 50.9 Å². The molecule has 0 spiro atoms. The quantitative estimate of drug-likeness (QED) is 0.719. The summed E-state index contributed by atoms with van der Waals surface area (Å²) in [5.41, 5.74) is 9.44. The molecule has 0 aliphatic heterocycles. The van der Waals surface area contributed by atoms with Gasteiger partial charge in [0.2, 0.25) is 0 Å². The van der Waals surface area contributed by atoms with E-state index in [1.807, 2.05) is 54.6 Å². The van der Waals surface area contributed by atoms with Gasteiger partial charge in [-0.2, -0.15) is 0 Å². The zero-order valence-electron chi connectivity index (χ0n) is 10.7. The van der Waals surface area contributed by atoms with Crippen molar-refractivity contribution in [3.63, 3.8) is 0 Å². The molecule has 3 nitrogen and oxygen atoms in total. The summed E-state index contributed by atoms with van der Waals surface area (Å²) < 4.78 is 0. The molecule has 3 aromatic rings. The molecule has 20 heavy (non-hydrogen) atoms. The summed E-state index contributed by atoms with van der Waals surface area (Å²) in [6.45, 7) is 0. The van der Waals surface area contributed by atoms with E-state index in [0.717, 1.165) is 27.8 Å². The summed E-state index contributed by atoms with van der Waals surface area (Å²) in [6.07, 6.45) is 1.79. The Morgan fingerprint density at radius 2 is 1.80 bits per heavy atom. The third kappa shape index (κ3) is 2.46. The summed E-state index contributed by atoms with van der Waals surface area (Å²) in [7, 11) is 0. The van der Waals surface area contributed by atoms with Gasteiger partial charge >= 0.3 is 0 Å². The Hall–Kier alpha value is -2.46. The Bertz CT molecular complexity index is 761. The van der Waals surface area contributed by atoms with Crippen molar-refractivity contribution >= 4 is 39.5 Å². The molecule has 0 unspecified atom stereocenters. The number of hydrogen-bond donors (Lipinski definition) is 2. The van der Waals surface area contributed by atoms with Gasteiger partial charge in [0, 0.05) is 28.5 Å². The van der Waals surface area contributed by atoms with E-state index in [1.54, 1.807) is 6.20 Å². The van der Waals surface area contributed by atoms with E-state index in [-0.39, 0.29) is 0 Å². The minimum Gasteiger partial charge on any atom is -0.389 e. The lowest BCUT2D eigenvalue weighted by atomic mass is 10.1. The molecular formula is C16H13N3S. The summed E-state index contributed by atoms with van der Waals surface area (Å²) in [5, 5.41) is 4.48. The Balaban J connectivity index is 1.95. The maximum Gasteiger partial charge on any atom is 0.103 e. The zero-order chi connectivity index (χ0) is 13.9. The maximum absolute atomic E-state index is 5.59. The molecule has 0 bridgehead atoms. The van der Waals surface area contributed by atoms with Gasteiger partial charge in [0.15, 0.2) is 0 Å². The number of fused-ring (bicyclic) bond motifs is 1. The maximum atomic E-state index is 5.59. The molecule has 3 N–H and O–H groups in total. The van der Waals surface area contributed by atoms with Crippen LogP contribution >= 0.6 is 12.2 Å². The highest BCUT2D eigenvalue weighted by Crippen LogP contribution is 2.25. The number of nitrogens with zero attached hydrogens (tertiary/aromatic N) is 1. The molecule has 3 rings (SSSR count). The first kappa shape index (κ1) is 12.6. The Labute approximate surface area is 122 Å². The molecule has 1 heterocycles. The monoisotopic (exact) mass is 279 g/mol. The number of benzene rings is 2. The van der Waals surface area contributed by atoms with Crippen molar-refractivity contribution in [1.82, 2.24) is 4.98 Å². The van der Waals surface area contributed by atoms with Crippen molar-refractivity contribution in [2.24, 2.45) is 5.73 Å². The number of hydrogen-bond acceptors (Lipinski definition) is 3. The van der Waals surface area contributed by atoms with Crippen LogP contribution in [0.5, 0.6) is 0 Å². The number of nitrogens with two attached hydrogens (primary N) is 1. The molecule has 98 valence electrons. The molecule has 0 radical (unpaired) electrons. The fourth-order valence-corrected chi connectivity index (χ4v) is 2.22. The van der Waals surface area contributed by atoms with Gasteiger partial charge in [-0.1, -0.05) is 18.3 Å². The van der Waals surface area contributed by atoms with Gasteiger partial charge in [0.25, 0.3) is 0 Å². The van der Waals surface area contributed by atoms with Gasteiger partial charge in [-0.3, -0.25) is 4.98 Å². The van der Waals surface area contributed by atoms with E-state index in [1.165, 1.54) is 0 Å². The summed E-state index contributed by atoms with van der Waals surface area (Å²) in [5.74, 6) is 0. The number of aromatic nitrogens is 1. The van der Waals surface area contributed by atoms with Crippen molar-refractivity contribution in [3.8, 4) is 0 Å². The minimum atomic E-state index is 0.408. The van der Waals surface area contributed by atoms with E-state index < -0.39 is 0 Å². The molecule has 0 fully saturated rings. The molecule has 2 aromatic carbocycles. The minimum absolute atomic E-state index is 0.408. The number of pyridine rings is 1. The predicted octanol–water partition coefficient (Wildman–Crippen LogP) is 3.61. The second-order valence-electron chi connectivity index (χ2n) is 4.44. The molecular weight excluding hydrogens is 266 g/mol.